The van der Waals surface area contributed by atoms with Gasteiger partial charge in [-0.1, -0.05) is 30.3 Å². The summed E-state index contributed by atoms with van der Waals surface area (Å²) in [6.07, 6.45) is 0.411. The van der Waals surface area contributed by atoms with Crippen LogP contribution in [0.3, 0.4) is 0 Å². The quantitative estimate of drug-likeness (QED) is 0.510. The molecule has 1 aromatic rings. The first-order valence-corrected chi connectivity index (χ1v) is 4.50. The third-order valence-corrected chi connectivity index (χ3v) is 1.64. The highest BCUT2D eigenvalue weighted by molar-refractivity contribution is 5.13. The molecule has 0 radical (unpaired) electrons. The van der Waals surface area contributed by atoms with Crippen LogP contribution in [0.25, 0.3) is 0 Å². The molecule has 0 aliphatic heterocycles. The minimum Gasteiger partial charge on any atom is -0.354 e. The lowest BCUT2D eigenvalue weighted by Gasteiger charge is -2.03. The number of hydrogen-bond acceptors (Lipinski definition) is 3. The average molecular weight is 191 g/mol. The minimum atomic E-state index is 0.247. The Morgan fingerprint density at radius 3 is 2.64 bits per heavy atom. The zero-order chi connectivity index (χ0) is 10.1. The van der Waals surface area contributed by atoms with Crippen LogP contribution >= 0.6 is 0 Å². The molecule has 0 unspecified atom stereocenters. The molecule has 14 heavy (non-hydrogen) atoms. The van der Waals surface area contributed by atoms with E-state index in [1.165, 1.54) is 0 Å². The van der Waals surface area contributed by atoms with Crippen LogP contribution in [-0.2, 0) is 16.1 Å². The van der Waals surface area contributed by atoms with Crippen molar-refractivity contribution in [2.45, 2.75) is 13.0 Å². The molecule has 0 aromatic heterocycles. The standard InChI is InChI=1S/C11H13NO2/c12-7-4-8-13-10-14-9-11-5-2-1-3-6-11/h1-3,5-6H,4,8-10H2. The summed E-state index contributed by atoms with van der Waals surface area (Å²) >= 11 is 0. The van der Waals surface area contributed by atoms with E-state index in [0.29, 0.717) is 19.6 Å². The molecular formula is C11H13NO2. The zero-order valence-electron chi connectivity index (χ0n) is 7.98. The van der Waals surface area contributed by atoms with Crippen molar-refractivity contribution in [1.82, 2.24) is 0 Å². The molecule has 3 nitrogen and oxygen atoms in total. The highest BCUT2D eigenvalue weighted by atomic mass is 16.7. The molecule has 0 saturated carbocycles. The van der Waals surface area contributed by atoms with Crippen molar-refractivity contribution >= 4 is 0 Å². The van der Waals surface area contributed by atoms with E-state index in [4.69, 9.17) is 14.7 Å². The Morgan fingerprint density at radius 1 is 1.14 bits per heavy atom. The lowest BCUT2D eigenvalue weighted by Crippen LogP contribution is -2.01. The van der Waals surface area contributed by atoms with Gasteiger partial charge in [0.15, 0.2) is 0 Å². The van der Waals surface area contributed by atoms with Crippen LogP contribution in [0.1, 0.15) is 12.0 Å². The highest BCUT2D eigenvalue weighted by Gasteiger charge is 1.91. The molecule has 0 aliphatic rings. The first-order valence-electron chi connectivity index (χ1n) is 4.50. The van der Waals surface area contributed by atoms with Gasteiger partial charge in [-0.15, -0.1) is 0 Å². The molecule has 1 aromatic carbocycles. The van der Waals surface area contributed by atoms with Gasteiger partial charge in [0.05, 0.1) is 25.7 Å². The monoisotopic (exact) mass is 191 g/mol. The number of hydrogen-bond donors (Lipinski definition) is 0. The first kappa shape index (κ1) is 10.7. The third-order valence-electron chi connectivity index (χ3n) is 1.64. The lowest BCUT2D eigenvalue weighted by molar-refractivity contribution is -0.0597. The fraction of sp³-hybridized carbons (Fsp3) is 0.364. The van der Waals surface area contributed by atoms with Gasteiger partial charge >= 0.3 is 0 Å². The third kappa shape index (κ3) is 4.61. The fourth-order valence-corrected chi connectivity index (χ4v) is 0.969. The molecule has 0 N–H and O–H groups in total. The Hall–Kier alpha value is -1.37. The minimum absolute atomic E-state index is 0.247. The molecule has 0 saturated heterocycles. The van der Waals surface area contributed by atoms with Crippen LogP contribution in [0, 0.1) is 11.3 Å². The van der Waals surface area contributed by atoms with Crippen molar-refractivity contribution in [1.29, 1.82) is 5.26 Å². The van der Waals surface area contributed by atoms with Gasteiger partial charge in [-0.05, 0) is 5.56 Å². The SMILES string of the molecule is N#CCCOCOCc1ccccc1. The summed E-state index contributed by atoms with van der Waals surface area (Å²) < 4.78 is 10.3. The van der Waals surface area contributed by atoms with Crippen LogP contribution in [0.4, 0.5) is 0 Å². The normalized spacial score (nSPS) is 9.64. The Balaban J connectivity index is 2.03. The maximum absolute atomic E-state index is 8.23. The average Bonchev–Trinajstić information content (AvgIpc) is 2.25. The van der Waals surface area contributed by atoms with E-state index < -0.39 is 0 Å². The number of nitriles is 1. The summed E-state index contributed by atoms with van der Waals surface area (Å²) in [5, 5.41) is 8.23. The summed E-state index contributed by atoms with van der Waals surface area (Å²) in [5.74, 6) is 0. The molecule has 0 heterocycles. The molecule has 0 spiro atoms. The molecule has 0 bridgehead atoms. The van der Waals surface area contributed by atoms with Crippen molar-refractivity contribution in [3.63, 3.8) is 0 Å². The second-order valence-electron chi connectivity index (χ2n) is 2.77. The molecular weight excluding hydrogens is 178 g/mol. The van der Waals surface area contributed by atoms with Crippen LogP contribution in [0.15, 0.2) is 30.3 Å². The topological polar surface area (TPSA) is 42.2 Å². The zero-order valence-corrected chi connectivity index (χ0v) is 7.98. The first-order chi connectivity index (χ1) is 6.93. The molecule has 0 atom stereocenters. The number of ether oxygens (including phenoxy) is 2. The second-order valence-corrected chi connectivity index (χ2v) is 2.77. The van der Waals surface area contributed by atoms with Crippen molar-refractivity contribution in [2.24, 2.45) is 0 Å². The van der Waals surface area contributed by atoms with Gasteiger partial charge in [0.2, 0.25) is 0 Å². The summed E-state index contributed by atoms with van der Waals surface area (Å²) in [4.78, 5) is 0. The summed E-state index contributed by atoms with van der Waals surface area (Å²) in [7, 11) is 0. The van der Waals surface area contributed by atoms with Crippen molar-refractivity contribution in [3.8, 4) is 6.07 Å². The molecule has 74 valence electrons. The largest absolute Gasteiger partial charge is 0.354 e. The molecule has 0 fully saturated rings. The van der Waals surface area contributed by atoms with E-state index in [2.05, 4.69) is 0 Å². The number of nitrogens with zero attached hydrogens (tertiary/aromatic N) is 1. The second kappa shape index (κ2) is 7.07. The molecule has 0 amide bonds. The van der Waals surface area contributed by atoms with Gasteiger partial charge in [-0.25, -0.2) is 0 Å². The fourth-order valence-electron chi connectivity index (χ4n) is 0.969. The van der Waals surface area contributed by atoms with Gasteiger partial charge in [0.1, 0.15) is 6.79 Å². The molecule has 0 aliphatic carbocycles. The Labute approximate surface area is 83.9 Å². The van der Waals surface area contributed by atoms with Crippen LogP contribution < -0.4 is 0 Å². The Kier molecular flexibility index (Phi) is 5.41. The maximum atomic E-state index is 8.23. The van der Waals surface area contributed by atoms with Gasteiger partial charge in [-0.3, -0.25) is 0 Å². The Bertz CT molecular complexity index is 279. The molecule has 3 heteroatoms. The Morgan fingerprint density at radius 2 is 1.93 bits per heavy atom. The predicted molar refractivity (Wildman–Crippen MR) is 52.3 cm³/mol. The van der Waals surface area contributed by atoms with Crippen molar-refractivity contribution in [2.75, 3.05) is 13.4 Å². The van der Waals surface area contributed by atoms with E-state index in [9.17, 15) is 0 Å². The lowest BCUT2D eigenvalue weighted by atomic mass is 10.2. The maximum Gasteiger partial charge on any atom is 0.147 e. The predicted octanol–water partition coefficient (Wildman–Crippen LogP) is 2.09. The number of rotatable bonds is 6. The summed E-state index contributed by atoms with van der Waals surface area (Å²) in [6.45, 7) is 1.23. The van der Waals surface area contributed by atoms with Crippen molar-refractivity contribution < 1.29 is 9.47 Å². The molecule has 1 rings (SSSR count). The van der Waals surface area contributed by atoms with Gasteiger partial charge in [0.25, 0.3) is 0 Å². The smallest absolute Gasteiger partial charge is 0.147 e. The highest BCUT2D eigenvalue weighted by Crippen LogP contribution is 2.00. The van der Waals surface area contributed by atoms with Crippen molar-refractivity contribution in [3.05, 3.63) is 35.9 Å². The van der Waals surface area contributed by atoms with E-state index in [0.717, 1.165) is 5.56 Å². The van der Waals surface area contributed by atoms with Crippen LogP contribution in [0.2, 0.25) is 0 Å². The van der Waals surface area contributed by atoms with Crippen LogP contribution in [0.5, 0.6) is 0 Å². The summed E-state index contributed by atoms with van der Waals surface area (Å²) in [6, 6.07) is 11.9. The number of benzene rings is 1. The van der Waals surface area contributed by atoms with E-state index in [1.54, 1.807) is 0 Å². The van der Waals surface area contributed by atoms with Gasteiger partial charge < -0.3 is 9.47 Å². The van der Waals surface area contributed by atoms with Crippen LogP contribution in [-0.4, -0.2) is 13.4 Å². The summed E-state index contributed by atoms with van der Waals surface area (Å²) in [5.41, 5.74) is 1.12. The van der Waals surface area contributed by atoms with E-state index in [-0.39, 0.29) is 6.79 Å². The van der Waals surface area contributed by atoms with E-state index in [1.807, 2.05) is 36.4 Å². The van der Waals surface area contributed by atoms with Gasteiger partial charge in [-0.2, -0.15) is 5.26 Å². The van der Waals surface area contributed by atoms with E-state index >= 15 is 0 Å². The van der Waals surface area contributed by atoms with Gasteiger partial charge in [0, 0.05) is 0 Å².